The quantitative estimate of drug-likeness (QED) is 0.351. The molecule has 96 valence electrons. The minimum absolute atomic E-state index is 0.791. The van der Waals surface area contributed by atoms with Gasteiger partial charge in [-0.05, 0) is 25.0 Å². The molecule has 0 rings (SSSR count). The van der Waals surface area contributed by atoms with Crippen LogP contribution in [0.25, 0.3) is 0 Å². The van der Waals surface area contributed by atoms with Crippen LogP contribution in [0.1, 0.15) is 66.2 Å². The standard InChI is InChI=1S/C15H30S/c1-5-7-8-9-10-11-14(3)15(4)12-13-16-6-2/h12,14H,5-11,13H2,1-4H3. The summed E-state index contributed by atoms with van der Waals surface area (Å²) in [7, 11) is 0. The van der Waals surface area contributed by atoms with Crippen LogP contribution in [0.5, 0.6) is 0 Å². The lowest BCUT2D eigenvalue weighted by Gasteiger charge is -2.12. The molecule has 0 aliphatic rings. The van der Waals surface area contributed by atoms with Gasteiger partial charge in [0.1, 0.15) is 0 Å². The van der Waals surface area contributed by atoms with Crippen molar-refractivity contribution in [3.05, 3.63) is 11.6 Å². The van der Waals surface area contributed by atoms with Crippen molar-refractivity contribution in [2.45, 2.75) is 66.2 Å². The average Bonchev–Trinajstić information content (AvgIpc) is 2.28. The number of unbranched alkanes of at least 4 members (excludes halogenated alkanes) is 4. The molecule has 0 heterocycles. The average molecular weight is 242 g/mol. The monoisotopic (exact) mass is 242 g/mol. The van der Waals surface area contributed by atoms with E-state index in [1.54, 1.807) is 5.57 Å². The zero-order valence-corrected chi connectivity index (χ0v) is 12.5. The van der Waals surface area contributed by atoms with E-state index in [-0.39, 0.29) is 0 Å². The number of hydrogen-bond acceptors (Lipinski definition) is 1. The lowest BCUT2D eigenvalue weighted by atomic mass is 9.95. The van der Waals surface area contributed by atoms with Crippen LogP contribution in [0.4, 0.5) is 0 Å². The molecule has 0 saturated carbocycles. The van der Waals surface area contributed by atoms with Gasteiger partial charge in [0.2, 0.25) is 0 Å². The Balaban J connectivity index is 3.54. The molecule has 0 spiro atoms. The number of allylic oxidation sites excluding steroid dienone is 1. The predicted octanol–water partition coefficient (Wildman–Crippen LogP) is 5.68. The normalized spacial score (nSPS) is 14.1. The van der Waals surface area contributed by atoms with Crippen molar-refractivity contribution in [1.82, 2.24) is 0 Å². The van der Waals surface area contributed by atoms with Crippen LogP contribution in [0.2, 0.25) is 0 Å². The highest BCUT2D eigenvalue weighted by molar-refractivity contribution is 7.99. The predicted molar refractivity (Wildman–Crippen MR) is 79.3 cm³/mol. The van der Waals surface area contributed by atoms with Crippen LogP contribution in [0.3, 0.4) is 0 Å². The first-order valence-corrected chi connectivity index (χ1v) is 8.12. The van der Waals surface area contributed by atoms with Gasteiger partial charge in [0.05, 0.1) is 0 Å². The first-order chi connectivity index (χ1) is 7.72. The highest BCUT2D eigenvalue weighted by Gasteiger charge is 2.03. The van der Waals surface area contributed by atoms with Gasteiger partial charge in [-0.1, -0.05) is 64.5 Å². The molecule has 0 aromatic rings. The summed E-state index contributed by atoms with van der Waals surface area (Å²) in [5.41, 5.74) is 1.59. The van der Waals surface area contributed by atoms with Gasteiger partial charge in [0.15, 0.2) is 0 Å². The van der Waals surface area contributed by atoms with Crippen molar-refractivity contribution in [3.63, 3.8) is 0 Å². The van der Waals surface area contributed by atoms with Crippen LogP contribution >= 0.6 is 11.8 Å². The van der Waals surface area contributed by atoms with Crippen LogP contribution in [-0.4, -0.2) is 11.5 Å². The summed E-state index contributed by atoms with van der Waals surface area (Å²) in [6.45, 7) is 9.18. The highest BCUT2D eigenvalue weighted by atomic mass is 32.2. The maximum Gasteiger partial charge on any atom is 0.0115 e. The van der Waals surface area contributed by atoms with E-state index < -0.39 is 0 Å². The van der Waals surface area contributed by atoms with Gasteiger partial charge < -0.3 is 0 Å². The smallest absolute Gasteiger partial charge is 0.0115 e. The first kappa shape index (κ1) is 16.1. The van der Waals surface area contributed by atoms with E-state index in [9.17, 15) is 0 Å². The Bertz CT molecular complexity index is 172. The van der Waals surface area contributed by atoms with Gasteiger partial charge in [0, 0.05) is 5.75 Å². The van der Waals surface area contributed by atoms with Crippen molar-refractivity contribution < 1.29 is 0 Å². The van der Waals surface area contributed by atoms with E-state index in [1.807, 2.05) is 11.8 Å². The van der Waals surface area contributed by atoms with Crippen molar-refractivity contribution in [1.29, 1.82) is 0 Å². The number of rotatable bonds is 10. The second-order valence-corrected chi connectivity index (χ2v) is 6.03. The van der Waals surface area contributed by atoms with Crippen LogP contribution < -0.4 is 0 Å². The van der Waals surface area contributed by atoms with Gasteiger partial charge in [0.25, 0.3) is 0 Å². The molecular weight excluding hydrogens is 212 g/mol. The summed E-state index contributed by atoms with van der Waals surface area (Å²) in [5.74, 6) is 3.22. The molecule has 1 atom stereocenters. The maximum atomic E-state index is 2.42. The molecule has 1 heteroatoms. The van der Waals surface area contributed by atoms with Gasteiger partial charge in [-0.2, -0.15) is 11.8 Å². The highest BCUT2D eigenvalue weighted by Crippen LogP contribution is 2.19. The van der Waals surface area contributed by atoms with E-state index in [1.165, 1.54) is 50.0 Å². The second kappa shape index (κ2) is 11.6. The maximum absolute atomic E-state index is 2.42. The summed E-state index contributed by atoms with van der Waals surface area (Å²) < 4.78 is 0. The minimum Gasteiger partial charge on any atom is -0.158 e. The zero-order valence-electron chi connectivity index (χ0n) is 11.7. The Morgan fingerprint density at radius 2 is 1.81 bits per heavy atom. The van der Waals surface area contributed by atoms with Crippen molar-refractivity contribution >= 4 is 11.8 Å². The SMILES string of the molecule is CCCCCCCC(C)C(C)=CCSCC. The largest absolute Gasteiger partial charge is 0.158 e. The molecule has 0 N–H and O–H groups in total. The van der Waals surface area contributed by atoms with E-state index in [0.29, 0.717) is 0 Å². The summed E-state index contributed by atoms with van der Waals surface area (Å²) in [6.07, 6.45) is 10.8. The van der Waals surface area contributed by atoms with E-state index in [4.69, 9.17) is 0 Å². The Hall–Kier alpha value is 0.0900. The third-order valence-corrected chi connectivity index (χ3v) is 4.06. The van der Waals surface area contributed by atoms with Crippen molar-refractivity contribution in [2.24, 2.45) is 5.92 Å². The summed E-state index contributed by atoms with van der Waals surface area (Å²) >= 11 is 2.01. The molecule has 0 aromatic carbocycles. The Morgan fingerprint density at radius 1 is 1.12 bits per heavy atom. The Morgan fingerprint density at radius 3 is 2.44 bits per heavy atom. The number of hydrogen-bond donors (Lipinski definition) is 0. The first-order valence-electron chi connectivity index (χ1n) is 6.96. The molecule has 0 aliphatic heterocycles. The fourth-order valence-corrected chi connectivity index (χ4v) is 2.41. The van der Waals surface area contributed by atoms with Crippen LogP contribution in [-0.2, 0) is 0 Å². The summed E-state index contributed by atoms with van der Waals surface area (Å²) in [6, 6.07) is 0. The zero-order chi connectivity index (χ0) is 12.2. The molecule has 1 unspecified atom stereocenters. The summed E-state index contributed by atoms with van der Waals surface area (Å²) in [5, 5.41) is 0. The summed E-state index contributed by atoms with van der Waals surface area (Å²) in [4.78, 5) is 0. The third kappa shape index (κ3) is 9.33. The molecule has 0 radical (unpaired) electrons. The van der Waals surface area contributed by atoms with Gasteiger partial charge >= 0.3 is 0 Å². The van der Waals surface area contributed by atoms with E-state index in [2.05, 4.69) is 33.8 Å². The molecule has 0 nitrogen and oxygen atoms in total. The van der Waals surface area contributed by atoms with Gasteiger partial charge in [-0.25, -0.2) is 0 Å². The molecule has 0 amide bonds. The Labute approximate surface area is 107 Å². The second-order valence-electron chi connectivity index (χ2n) is 4.71. The van der Waals surface area contributed by atoms with Gasteiger partial charge in [-0.3, -0.25) is 0 Å². The molecular formula is C15H30S. The third-order valence-electron chi connectivity index (χ3n) is 3.25. The van der Waals surface area contributed by atoms with Crippen LogP contribution in [0.15, 0.2) is 11.6 Å². The van der Waals surface area contributed by atoms with Crippen molar-refractivity contribution in [2.75, 3.05) is 11.5 Å². The molecule has 16 heavy (non-hydrogen) atoms. The molecule has 0 saturated heterocycles. The molecule has 0 fully saturated rings. The van der Waals surface area contributed by atoms with Crippen LogP contribution in [0, 0.1) is 5.92 Å². The van der Waals surface area contributed by atoms with Crippen molar-refractivity contribution in [3.8, 4) is 0 Å². The molecule has 0 aliphatic carbocycles. The van der Waals surface area contributed by atoms with Gasteiger partial charge in [-0.15, -0.1) is 0 Å². The topological polar surface area (TPSA) is 0 Å². The van der Waals surface area contributed by atoms with E-state index >= 15 is 0 Å². The fraction of sp³-hybridized carbons (Fsp3) is 0.867. The van der Waals surface area contributed by atoms with E-state index in [0.717, 1.165) is 5.92 Å². The number of thioether (sulfide) groups is 1. The Kier molecular flexibility index (Phi) is 11.6. The fourth-order valence-electron chi connectivity index (χ4n) is 1.79. The molecule has 0 aromatic heterocycles. The minimum atomic E-state index is 0.791. The lowest BCUT2D eigenvalue weighted by Crippen LogP contribution is -1.97. The molecule has 0 bridgehead atoms. The lowest BCUT2D eigenvalue weighted by molar-refractivity contribution is 0.534.